The molecule has 0 bridgehead atoms. The van der Waals surface area contributed by atoms with E-state index in [4.69, 9.17) is 51.2 Å². The van der Waals surface area contributed by atoms with Crippen molar-refractivity contribution in [2.24, 2.45) is 5.16 Å². The first-order valence-electron chi connectivity index (χ1n) is 4.78. The van der Waals surface area contributed by atoms with Crippen LogP contribution in [0.3, 0.4) is 0 Å². The van der Waals surface area contributed by atoms with Crippen molar-refractivity contribution in [1.29, 1.82) is 0 Å². The van der Waals surface area contributed by atoms with Gasteiger partial charge in [0, 0.05) is 5.56 Å². The van der Waals surface area contributed by atoms with E-state index in [1.165, 1.54) is 6.21 Å². The molecular weight excluding hydrogens is 334 g/mol. The van der Waals surface area contributed by atoms with Gasteiger partial charge in [-0.05, 0) is 35.3 Å². The molecule has 0 aliphatic heterocycles. The number of hydrogen-bond acceptors (Lipinski definition) is 5. The first-order valence-corrected chi connectivity index (χ1v) is 6.29. The molecule has 0 unspecified atom stereocenters. The molecule has 9 heteroatoms. The molecule has 5 nitrogen and oxygen atoms in total. The predicted octanol–water partition coefficient (Wildman–Crippen LogP) is 3.90. The SMILES string of the molecule is Clc1nc(Cl)nc(O/N=C/c2c(Cl)cccc2Cl)n1. The highest BCUT2D eigenvalue weighted by atomic mass is 35.5. The Bertz CT molecular complexity index is 594. The molecule has 0 radical (unpaired) electrons. The van der Waals surface area contributed by atoms with Crippen LogP contribution in [0, 0.1) is 0 Å². The van der Waals surface area contributed by atoms with Gasteiger partial charge in [0.1, 0.15) is 0 Å². The van der Waals surface area contributed by atoms with Crippen LogP contribution in [0.15, 0.2) is 23.4 Å². The van der Waals surface area contributed by atoms with E-state index in [2.05, 4.69) is 20.1 Å². The van der Waals surface area contributed by atoms with Crippen molar-refractivity contribution >= 4 is 52.6 Å². The molecule has 1 heterocycles. The Hall–Kier alpha value is -1.14. The molecule has 0 saturated carbocycles. The highest BCUT2D eigenvalue weighted by Gasteiger charge is 2.05. The van der Waals surface area contributed by atoms with Gasteiger partial charge in [0.25, 0.3) is 0 Å². The second-order valence-electron chi connectivity index (χ2n) is 3.12. The van der Waals surface area contributed by atoms with Crippen LogP contribution in [0.2, 0.25) is 20.6 Å². The van der Waals surface area contributed by atoms with Gasteiger partial charge >= 0.3 is 6.01 Å². The zero-order valence-electron chi connectivity index (χ0n) is 9.02. The third-order valence-corrected chi connectivity index (χ3v) is 2.87. The molecule has 2 rings (SSSR count). The average Bonchev–Trinajstić information content (AvgIpc) is 2.32. The Morgan fingerprint density at radius 2 is 1.53 bits per heavy atom. The summed E-state index contributed by atoms with van der Waals surface area (Å²) in [6.45, 7) is 0. The Labute approximate surface area is 128 Å². The molecule has 2 aromatic rings. The lowest BCUT2D eigenvalue weighted by molar-refractivity contribution is 0.314. The summed E-state index contributed by atoms with van der Waals surface area (Å²) in [5.41, 5.74) is 0.511. The first kappa shape index (κ1) is 14.3. The fourth-order valence-corrected chi connectivity index (χ4v) is 1.95. The molecule has 19 heavy (non-hydrogen) atoms. The molecular formula is C10H4Cl4N4O. The third-order valence-electron chi connectivity index (χ3n) is 1.88. The highest BCUT2D eigenvalue weighted by molar-refractivity contribution is 6.38. The first-order chi connectivity index (χ1) is 9.06. The third kappa shape index (κ3) is 3.91. The van der Waals surface area contributed by atoms with Gasteiger partial charge in [0.2, 0.25) is 10.6 Å². The van der Waals surface area contributed by atoms with Crippen molar-refractivity contribution < 1.29 is 4.84 Å². The lowest BCUT2D eigenvalue weighted by Crippen LogP contribution is -1.96. The van der Waals surface area contributed by atoms with E-state index in [1.807, 2.05) is 0 Å². The van der Waals surface area contributed by atoms with Gasteiger partial charge in [0.15, 0.2) is 0 Å². The smallest absolute Gasteiger partial charge is 0.315 e. The molecule has 0 saturated heterocycles. The highest BCUT2D eigenvalue weighted by Crippen LogP contribution is 2.22. The minimum atomic E-state index is -0.135. The predicted molar refractivity (Wildman–Crippen MR) is 74.5 cm³/mol. The van der Waals surface area contributed by atoms with Gasteiger partial charge in [-0.15, -0.1) is 0 Å². The Kier molecular flexibility index (Phi) is 4.76. The minimum absolute atomic E-state index is 0.0963. The monoisotopic (exact) mass is 336 g/mol. The summed E-state index contributed by atoms with van der Waals surface area (Å²) >= 11 is 23.0. The lowest BCUT2D eigenvalue weighted by atomic mass is 10.2. The number of oxime groups is 1. The summed E-state index contributed by atoms with van der Waals surface area (Å²) < 4.78 is 0. The summed E-state index contributed by atoms with van der Waals surface area (Å²) in [5.74, 6) is 0. The molecule has 0 amide bonds. The summed E-state index contributed by atoms with van der Waals surface area (Å²) in [6.07, 6.45) is 1.33. The molecule has 98 valence electrons. The lowest BCUT2D eigenvalue weighted by Gasteiger charge is -2.00. The molecule has 0 aliphatic carbocycles. The molecule has 0 fully saturated rings. The van der Waals surface area contributed by atoms with Crippen LogP contribution in [0.5, 0.6) is 6.01 Å². The number of halogens is 4. The zero-order valence-corrected chi connectivity index (χ0v) is 12.0. The van der Waals surface area contributed by atoms with E-state index in [-0.39, 0.29) is 16.6 Å². The number of hydrogen-bond donors (Lipinski definition) is 0. The number of aromatic nitrogens is 3. The largest absolute Gasteiger partial charge is 0.351 e. The van der Waals surface area contributed by atoms with Crippen LogP contribution in [-0.4, -0.2) is 21.2 Å². The summed E-state index contributed by atoms with van der Waals surface area (Å²) in [6, 6.07) is 4.93. The molecule has 0 aliphatic rings. The van der Waals surface area contributed by atoms with E-state index in [0.717, 1.165) is 0 Å². The fourth-order valence-electron chi connectivity index (χ4n) is 1.11. The number of benzene rings is 1. The average molecular weight is 338 g/mol. The Morgan fingerprint density at radius 3 is 2.11 bits per heavy atom. The van der Waals surface area contributed by atoms with Gasteiger partial charge in [-0.1, -0.05) is 34.4 Å². The quantitative estimate of drug-likeness (QED) is 0.629. The topological polar surface area (TPSA) is 60.3 Å². The number of rotatable bonds is 3. The molecule has 1 aromatic carbocycles. The minimum Gasteiger partial charge on any atom is -0.315 e. The summed E-state index contributed by atoms with van der Waals surface area (Å²) in [4.78, 5) is 15.8. The fraction of sp³-hybridized carbons (Fsp3) is 0. The van der Waals surface area contributed by atoms with Gasteiger partial charge in [0.05, 0.1) is 16.3 Å². The van der Waals surface area contributed by atoms with Gasteiger partial charge in [-0.2, -0.15) is 15.0 Å². The van der Waals surface area contributed by atoms with Crippen LogP contribution in [0.4, 0.5) is 0 Å². The van der Waals surface area contributed by atoms with Gasteiger partial charge in [-0.25, -0.2) is 0 Å². The molecule has 0 spiro atoms. The maximum Gasteiger partial charge on any atom is 0.351 e. The second kappa shape index (κ2) is 6.34. The van der Waals surface area contributed by atoms with Crippen LogP contribution < -0.4 is 4.84 Å². The summed E-state index contributed by atoms with van der Waals surface area (Å²) in [5, 5.41) is 4.33. The van der Waals surface area contributed by atoms with Gasteiger partial charge in [-0.3, -0.25) is 0 Å². The van der Waals surface area contributed by atoms with E-state index in [9.17, 15) is 0 Å². The normalized spacial score (nSPS) is 10.9. The van der Waals surface area contributed by atoms with Crippen molar-refractivity contribution in [1.82, 2.24) is 15.0 Å². The zero-order chi connectivity index (χ0) is 13.8. The van der Waals surface area contributed by atoms with Gasteiger partial charge < -0.3 is 4.84 Å². The van der Waals surface area contributed by atoms with E-state index >= 15 is 0 Å². The standard InChI is InChI=1S/C10H4Cl4N4O/c11-6-2-1-3-7(12)5(6)4-15-19-10-17-8(13)16-9(14)18-10/h1-4H/b15-4+. The van der Waals surface area contributed by atoms with Crippen molar-refractivity contribution in [3.05, 3.63) is 44.4 Å². The van der Waals surface area contributed by atoms with Crippen molar-refractivity contribution in [3.63, 3.8) is 0 Å². The Morgan fingerprint density at radius 1 is 0.947 bits per heavy atom. The molecule has 0 N–H and O–H groups in total. The van der Waals surface area contributed by atoms with E-state index in [1.54, 1.807) is 18.2 Å². The van der Waals surface area contributed by atoms with Crippen molar-refractivity contribution in [3.8, 4) is 6.01 Å². The molecule has 1 aromatic heterocycles. The van der Waals surface area contributed by atoms with Crippen molar-refractivity contribution in [2.75, 3.05) is 0 Å². The Balaban J connectivity index is 2.16. The van der Waals surface area contributed by atoms with Crippen LogP contribution >= 0.6 is 46.4 Å². The van der Waals surface area contributed by atoms with Crippen molar-refractivity contribution in [2.45, 2.75) is 0 Å². The maximum absolute atomic E-state index is 5.95. The van der Waals surface area contributed by atoms with Crippen LogP contribution in [-0.2, 0) is 0 Å². The second-order valence-corrected chi connectivity index (χ2v) is 4.61. The van der Waals surface area contributed by atoms with Crippen LogP contribution in [0.1, 0.15) is 5.56 Å². The molecule has 0 atom stereocenters. The maximum atomic E-state index is 5.95. The van der Waals surface area contributed by atoms with E-state index in [0.29, 0.717) is 15.6 Å². The summed E-state index contributed by atoms with van der Waals surface area (Å²) in [7, 11) is 0. The van der Waals surface area contributed by atoms with Crippen LogP contribution in [0.25, 0.3) is 0 Å². The number of nitrogens with zero attached hydrogens (tertiary/aromatic N) is 4. The van der Waals surface area contributed by atoms with E-state index < -0.39 is 0 Å².